The first-order valence-corrected chi connectivity index (χ1v) is 13.8. The van der Waals surface area contributed by atoms with Crippen molar-refractivity contribution in [2.75, 3.05) is 0 Å². The Labute approximate surface area is 275 Å². The van der Waals surface area contributed by atoms with E-state index in [4.69, 9.17) is 34.8 Å². The number of halogens is 3. The summed E-state index contributed by atoms with van der Waals surface area (Å²) in [5, 5.41) is 2.15. The van der Waals surface area contributed by atoms with E-state index in [1.807, 2.05) is 109 Å². The monoisotopic (exact) mass is 668 g/mol. The zero-order chi connectivity index (χ0) is 29.4. The van der Waals surface area contributed by atoms with Crippen LogP contribution in [0.3, 0.4) is 0 Å². The predicted molar refractivity (Wildman–Crippen MR) is 175 cm³/mol. The van der Waals surface area contributed by atoms with Crippen LogP contribution in [-0.2, 0) is 16.8 Å². The predicted octanol–water partition coefficient (Wildman–Crippen LogP) is 9.14. The van der Waals surface area contributed by atoms with E-state index in [9.17, 15) is 0 Å². The molecule has 0 N–H and O–H groups in total. The molecule has 0 atom stereocenters. The van der Waals surface area contributed by atoms with Crippen LogP contribution in [0.15, 0.2) is 143 Å². The van der Waals surface area contributed by atoms with E-state index in [1.165, 1.54) is 0 Å². The minimum Gasteiger partial charge on any atom is -0.663 e. The molecule has 0 saturated heterocycles. The standard InChI is InChI=1S/3C11H8ClN2.Co/c3*12-9-3-5-10(6-4-9)14-8-11-2-1-7-13-11;/h3*1-8H;/q3*-1;+3. The summed E-state index contributed by atoms with van der Waals surface area (Å²) >= 11 is 17.2. The van der Waals surface area contributed by atoms with Gasteiger partial charge in [-0.2, -0.15) is 18.6 Å². The summed E-state index contributed by atoms with van der Waals surface area (Å²) in [4.78, 5) is 25.0. The Kier molecular flexibility index (Phi) is 14.3. The quantitative estimate of drug-likeness (QED) is 0.166. The van der Waals surface area contributed by atoms with Crippen molar-refractivity contribution in [2.45, 2.75) is 0 Å². The van der Waals surface area contributed by atoms with Gasteiger partial charge >= 0.3 is 16.8 Å². The van der Waals surface area contributed by atoms with Crippen LogP contribution in [0.25, 0.3) is 0 Å². The Bertz CT molecular complexity index is 1460. The summed E-state index contributed by atoms with van der Waals surface area (Å²) in [6, 6.07) is 33.4. The minimum atomic E-state index is 0. The third-order valence-corrected chi connectivity index (χ3v) is 6.00. The summed E-state index contributed by atoms with van der Waals surface area (Å²) < 4.78 is 0. The molecule has 216 valence electrons. The summed E-state index contributed by atoms with van der Waals surface area (Å²) in [5.74, 6) is 0. The second-order valence-electron chi connectivity index (χ2n) is 8.39. The van der Waals surface area contributed by atoms with Crippen LogP contribution in [0.4, 0.5) is 17.1 Å². The van der Waals surface area contributed by atoms with Crippen LogP contribution in [0, 0.1) is 0 Å². The number of rotatable bonds is 6. The summed E-state index contributed by atoms with van der Waals surface area (Å²) in [5.41, 5.74) is 5.20. The number of aliphatic imine (C=N–C) groups is 3. The molecule has 43 heavy (non-hydrogen) atoms. The molecule has 3 heterocycles. The molecule has 0 unspecified atom stereocenters. The van der Waals surface area contributed by atoms with Crippen molar-refractivity contribution in [3.63, 3.8) is 0 Å². The van der Waals surface area contributed by atoms with Gasteiger partial charge in [-0.15, -0.1) is 17.1 Å². The smallest absolute Gasteiger partial charge is 0.663 e. The van der Waals surface area contributed by atoms with Gasteiger partial charge in [-0.05, 0) is 72.8 Å². The molecule has 0 aliphatic rings. The van der Waals surface area contributed by atoms with E-state index in [1.54, 1.807) is 37.2 Å². The molecular weight excluding hydrogens is 646 g/mol. The van der Waals surface area contributed by atoms with E-state index in [-0.39, 0.29) is 16.8 Å². The molecule has 3 aromatic heterocycles. The minimum absolute atomic E-state index is 0. The fourth-order valence-corrected chi connectivity index (χ4v) is 3.55. The van der Waals surface area contributed by atoms with Crippen molar-refractivity contribution in [1.29, 1.82) is 0 Å². The maximum atomic E-state index is 5.75. The van der Waals surface area contributed by atoms with Crippen LogP contribution >= 0.6 is 34.8 Å². The number of hydrogen-bond acceptors (Lipinski definition) is 3. The first kappa shape index (κ1) is 33.4. The Balaban J connectivity index is 0.000000175. The van der Waals surface area contributed by atoms with E-state index in [0.717, 1.165) is 49.2 Å². The number of aromatic nitrogens is 3. The van der Waals surface area contributed by atoms with Crippen molar-refractivity contribution in [2.24, 2.45) is 15.0 Å². The third kappa shape index (κ3) is 12.7. The Morgan fingerprint density at radius 2 is 0.651 bits per heavy atom. The second kappa shape index (κ2) is 18.4. The molecule has 0 amide bonds. The van der Waals surface area contributed by atoms with Gasteiger partial charge in [0.25, 0.3) is 0 Å². The molecule has 6 nitrogen and oxygen atoms in total. The van der Waals surface area contributed by atoms with Crippen molar-refractivity contribution in [3.05, 3.63) is 160 Å². The Morgan fingerprint density at radius 3 is 0.860 bits per heavy atom. The zero-order valence-corrected chi connectivity index (χ0v) is 25.8. The summed E-state index contributed by atoms with van der Waals surface area (Å²) in [7, 11) is 0. The Hall–Kier alpha value is -4.11. The zero-order valence-electron chi connectivity index (χ0n) is 22.5. The summed E-state index contributed by atoms with van der Waals surface area (Å²) in [6.07, 6.45) is 10.4. The molecule has 0 fully saturated rings. The molecule has 0 saturated carbocycles. The molecule has 0 aliphatic heterocycles. The molecule has 0 bridgehead atoms. The van der Waals surface area contributed by atoms with Crippen LogP contribution in [0.2, 0.25) is 15.1 Å². The number of hydrogen-bond donors (Lipinski definition) is 0. The van der Waals surface area contributed by atoms with Crippen LogP contribution in [-0.4, -0.2) is 18.6 Å². The van der Waals surface area contributed by atoms with Crippen LogP contribution in [0.5, 0.6) is 0 Å². The average Bonchev–Trinajstić information content (AvgIpc) is 3.82. The number of benzene rings is 3. The third-order valence-electron chi connectivity index (χ3n) is 5.25. The maximum absolute atomic E-state index is 5.75. The van der Waals surface area contributed by atoms with Crippen molar-refractivity contribution < 1.29 is 16.8 Å². The average molecular weight is 670 g/mol. The molecule has 0 radical (unpaired) electrons. The van der Waals surface area contributed by atoms with Gasteiger partial charge in [0.05, 0.1) is 17.1 Å². The van der Waals surface area contributed by atoms with Gasteiger partial charge in [0, 0.05) is 33.7 Å². The largest absolute Gasteiger partial charge is 3.00 e. The fourth-order valence-electron chi connectivity index (χ4n) is 3.17. The van der Waals surface area contributed by atoms with Gasteiger partial charge in [-0.25, -0.2) is 0 Å². The first-order valence-electron chi connectivity index (χ1n) is 12.7. The molecule has 0 spiro atoms. The van der Waals surface area contributed by atoms with Gasteiger partial charge in [0.15, 0.2) is 0 Å². The molecule has 3 aromatic carbocycles. The van der Waals surface area contributed by atoms with E-state index in [2.05, 4.69) is 29.9 Å². The second-order valence-corrected chi connectivity index (χ2v) is 9.70. The van der Waals surface area contributed by atoms with Crippen molar-refractivity contribution in [3.8, 4) is 0 Å². The van der Waals surface area contributed by atoms with Gasteiger partial charge in [-0.1, -0.05) is 71.2 Å². The van der Waals surface area contributed by atoms with Gasteiger partial charge in [0.2, 0.25) is 0 Å². The molecule has 6 aromatic rings. The molecular formula is C33H24Cl3CoN6. The first-order chi connectivity index (χ1) is 20.5. The molecule has 0 aliphatic carbocycles. The van der Waals surface area contributed by atoms with Gasteiger partial charge in [0.1, 0.15) is 0 Å². The van der Waals surface area contributed by atoms with Crippen LogP contribution in [0.1, 0.15) is 17.1 Å². The fraction of sp³-hybridized carbons (Fsp3) is 0. The summed E-state index contributed by atoms with van der Waals surface area (Å²) in [6.45, 7) is 0. The van der Waals surface area contributed by atoms with Crippen molar-refractivity contribution in [1.82, 2.24) is 15.0 Å². The van der Waals surface area contributed by atoms with Crippen LogP contribution < -0.4 is 15.0 Å². The van der Waals surface area contributed by atoms with Gasteiger partial charge in [-0.3, -0.25) is 15.0 Å². The van der Waals surface area contributed by atoms with E-state index >= 15 is 0 Å². The van der Waals surface area contributed by atoms with E-state index < -0.39 is 0 Å². The van der Waals surface area contributed by atoms with E-state index in [0.29, 0.717) is 0 Å². The molecule has 10 heteroatoms. The number of nitrogens with zero attached hydrogens (tertiary/aromatic N) is 6. The SMILES string of the molecule is Clc1ccc(N=Cc2ccc[n-]2)cc1.Clc1ccc(N=Cc2ccc[n-]2)cc1.Clc1ccc(N=Cc2ccc[n-]2)cc1.[Co+3]. The Morgan fingerprint density at radius 1 is 0.395 bits per heavy atom. The maximum Gasteiger partial charge on any atom is 3.00 e. The topological polar surface area (TPSA) is 79.4 Å². The van der Waals surface area contributed by atoms with Gasteiger partial charge < -0.3 is 15.0 Å². The normalized spacial score (nSPS) is 10.7. The molecule has 6 rings (SSSR count). The van der Waals surface area contributed by atoms with Crippen molar-refractivity contribution >= 4 is 70.5 Å².